The third-order valence-corrected chi connectivity index (χ3v) is 5.50. The molecule has 0 bridgehead atoms. The van der Waals surface area contributed by atoms with Crippen molar-refractivity contribution >= 4 is 28.6 Å². The Bertz CT molecular complexity index is 1140. The van der Waals surface area contributed by atoms with E-state index in [0.29, 0.717) is 18.0 Å². The highest BCUT2D eigenvalue weighted by Crippen LogP contribution is 2.23. The van der Waals surface area contributed by atoms with E-state index in [1.54, 1.807) is 30.3 Å². The van der Waals surface area contributed by atoms with Crippen LogP contribution in [0, 0.1) is 18.8 Å². The van der Waals surface area contributed by atoms with Crippen molar-refractivity contribution in [2.75, 3.05) is 19.8 Å². The lowest BCUT2D eigenvalue weighted by Crippen LogP contribution is -2.20. The van der Waals surface area contributed by atoms with Gasteiger partial charge in [-0.05, 0) is 61.3 Å². The highest BCUT2D eigenvalue weighted by Gasteiger charge is 2.23. The number of halogens is 2. The van der Waals surface area contributed by atoms with E-state index in [2.05, 4.69) is 9.97 Å². The molecule has 7 nitrogen and oxygen atoms in total. The number of carboxylic acids is 1. The molecule has 0 radical (unpaired) electrons. The fraction of sp³-hybridized carbons (Fsp3) is 0.357. The van der Waals surface area contributed by atoms with E-state index in [1.807, 2.05) is 51.1 Å². The molecule has 0 aliphatic heterocycles. The SMILES string of the molecule is CC.CC1C=CC(O)=CC1C(=O)O.Cc1nc2cc(Cl)c(C/C=C/C=C\N(/C=C/CF)CCO)cc2[nH]1. The molecule has 1 aromatic heterocycles. The van der Waals surface area contributed by atoms with Crippen molar-refractivity contribution in [2.45, 2.75) is 34.1 Å². The number of aliphatic hydroxyl groups is 2. The number of H-pyrrole nitrogens is 1. The highest BCUT2D eigenvalue weighted by molar-refractivity contribution is 6.32. The second-order valence-electron chi connectivity index (χ2n) is 7.93. The number of hydrogen-bond donors (Lipinski definition) is 4. The summed E-state index contributed by atoms with van der Waals surface area (Å²) in [5, 5.41) is 27.2. The lowest BCUT2D eigenvalue weighted by molar-refractivity contribution is -0.141. The van der Waals surface area contributed by atoms with Gasteiger partial charge in [-0.1, -0.05) is 50.6 Å². The van der Waals surface area contributed by atoms with Gasteiger partial charge in [-0.2, -0.15) is 0 Å². The van der Waals surface area contributed by atoms with E-state index < -0.39 is 18.6 Å². The molecule has 0 saturated carbocycles. The first kappa shape index (κ1) is 31.7. The Kier molecular flexibility index (Phi) is 14.7. The number of aromatic amines is 1. The number of nitrogens with one attached hydrogen (secondary N) is 1. The summed E-state index contributed by atoms with van der Waals surface area (Å²) in [6, 6.07) is 3.87. The normalized spacial score (nSPS) is 17.0. The number of allylic oxidation sites excluding steroid dienone is 6. The molecule has 0 saturated heterocycles. The monoisotopic (exact) mass is 533 g/mol. The molecule has 0 fully saturated rings. The van der Waals surface area contributed by atoms with Crippen molar-refractivity contribution in [3.63, 3.8) is 0 Å². The molecule has 2 unspecified atom stereocenters. The number of fused-ring (bicyclic) bond motifs is 1. The predicted molar refractivity (Wildman–Crippen MR) is 148 cm³/mol. The van der Waals surface area contributed by atoms with Gasteiger partial charge in [-0.3, -0.25) is 4.79 Å². The van der Waals surface area contributed by atoms with Crippen LogP contribution < -0.4 is 0 Å². The number of alkyl halides is 1. The van der Waals surface area contributed by atoms with Crippen LogP contribution in [-0.4, -0.2) is 56.0 Å². The maximum absolute atomic E-state index is 12.1. The summed E-state index contributed by atoms with van der Waals surface area (Å²) in [5.74, 6) is -0.616. The van der Waals surface area contributed by atoms with Crippen LogP contribution in [0.3, 0.4) is 0 Å². The van der Waals surface area contributed by atoms with Gasteiger partial charge < -0.3 is 25.2 Å². The van der Waals surface area contributed by atoms with Gasteiger partial charge in [-0.15, -0.1) is 0 Å². The number of benzene rings is 1. The Balaban J connectivity index is 0.000000439. The van der Waals surface area contributed by atoms with Gasteiger partial charge >= 0.3 is 5.97 Å². The van der Waals surface area contributed by atoms with Crippen molar-refractivity contribution in [3.05, 3.63) is 89.2 Å². The third kappa shape index (κ3) is 11.1. The van der Waals surface area contributed by atoms with Crippen LogP contribution in [0.4, 0.5) is 4.39 Å². The maximum atomic E-state index is 12.1. The van der Waals surface area contributed by atoms with E-state index in [-0.39, 0.29) is 18.3 Å². The van der Waals surface area contributed by atoms with Gasteiger partial charge in [0.15, 0.2) is 0 Å². The minimum Gasteiger partial charge on any atom is -0.508 e. The van der Waals surface area contributed by atoms with Crippen LogP contribution >= 0.6 is 11.6 Å². The van der Waals surface area contributed by atoms with Crippen molar-refractivity contribution in [2.24, 2.45) is 11.8 Å². The molecule has 0 spiro atoms. The van der Waals surface area contributed by atoms with Crippen LogP contribution in [-0.2, 0) is 11.2 Å². The maximum Gasteiger partial charge on any atom is 0.311 e. The molecule has 1 aromatic carbocycles. The zero-order chi connectivity index (χ0) is 27.8. The number of imidazole rings is 1. The van der Waals surface area contributed by atoms with Gasteiger partial charge in [0, 0.05) is 24.0 Å². The first-order valence-corrected chi connectivity index (χ1v) is 12.5. The van der Waals surface area contributed by atoms with Crippen molar-refractivity contribution in [3.8, 4) is 0 Å². The van der Waals surface area contributed by atoms with Crippen LogP contribution in [0.2, 0.25) is 5.02 Å². The van der Waals surface area contributed by atoms with Crippen LogP contribution in [0.25, 0.3) is 11.0 Å². The van der Waals surface area contributed by atoms with E-state index in [9.17, 15) is 9.18 Å². The minimum atomic E-state index is -0.895. The molecule has 1 aliphatic rings. The van der Waals surface area contributed by atoms with Crippen LogP contribution in [0.5, 0.6) is 0 Å². The molecule has 0 amide bonds. The fourth-order valence-corrected chi connectivity index (χ4v) is 3.58. The Morgan fingerprint density at radius 3 is 2.59 bits per heavy atom. The van der Waals surface area contributed by atoms with E-state index >= 15 is 0 Å². The second kappa shape index (κ2) is 17.2. The lowest BCUT2D eigenvalue weighted by Gasteiger charge is -2.16. The topological polar surface area (TPSA) is 110 Å². The molecule has 3 rings (SSSR count). The lowest BCUT2D eigenvalue weighted by atomic mass is 9.90. The number of rotatable bonds is 9. The molecule has 37 heavy (non-hydrogen) atoms. The van der Waals surface area contributed by atoms with Crippen LogP contribution in [0.15, 0.2) is 72.8 Å². The molecule has 2 aromatic rings. The summed E-state index contributed by atoms with van der Waals surface area (Å²) in [5.41, 5.74) is 2.85. The zero-order valence-corrected chi connectivity index (χ0v) is 22.5. The number of aryl methyl sites for hydroxylation is 1. The molecule has 1 heterocycles. The number of aliphatic carboxylic acids is 1. The van der Waals surface area contributed by atoms with E-state index in [4.69, 9.17) is 26.9 Å². The van der Waals surface area contributed by atoms with Gasteiger partial charge in [0.1, 0.15) is 18.3 Å². The largest absolute Gasteiger partial charge is 0.508 e. The molecule has 2 atom stereocenters. The number of carboxylic acid groups (broad SMARTS) is 1. The average molecular weight is 534 g/mol. The molecule has 202 valence electrons. The Labute approximate surface area is 223 Å². The average Bonchev–Trinajstić information content (AvgIpc) is 3.23. The minimum absolute atomic E-state index is 0.00387. The molecular weight excluding hydrogens is 497 g/mol. The quantitative estimate of drug-likeness (QED) is 0.282. The molecule has 9 heteroatoms. The van der Waals surface area contributed by atoms with Crippen molar-refractivity contribution in [1.29, 1.82) is 0 Å². The number of aromatic nitrogens is 2. The van der Waals surface area contributed by atoms with Crippen LogP contribution in [0.1, 0.15) is 32.2 Å². The fourth-order valence-electron chi connectivity index (χ4n) is 3.34. The van der Waals surface area contributed by atoms with E-state index in [1.165, 1.54) is 18.2 Å². The first-order valence-electron chi connectivity index (χ1n) is 12.1. The Hall–Kier alpha value is -3.36. The smallest absolute Gasteiger partial charge is 0.311 e. The highest BCUT2D eigenvalue weighted by atomic mass is 35.5. The van der Waals surface area contributed by atoms with Gasteiger partial charge in [0.25, 0.3) is 0 Å². The standard InChI is InChI=1S/C18H21ClFN3O.C8H10O3.C2H6/c1-14-21-17-12-15(16(19)13-18(17)22-14)6-3-2-4-8-23(10-11-24)9-5-7-20;1-5-2-3-6(9)4-7(5)8(10)11;1-2/h2-5,8-9,12-13,24H,6-7,10-11H2,1H3,(H,21,22);2-5,7,9H,1H3,(H,10,11);1-2H3/b3-2+,8-4-,9-5+;;. The number of nitrogens with zero attached hydrogens (tertiary/aromatic N) is 2. The van der Waals surface area contributed by atoms with Gasteiger partial charge in [0.05, 0.1) is 23.6 Å². The third-order valence-electron chi connectivity index (χ3n) is 5.15. The summed E-state index contributed by atoms with van der Waals surface area (Å²) >= 11 is 6.29. The summed E-state index contributed by atoms with van der Waals surface area (Å²) < 4.78 is 12.1. The number of aliphatic hydroxyl groups excluding tert-OH is 2. The summed E-state index contributed by atoms with van der Waals surface area (Å²) in [7, 11) is 0. The number of hydrogen-bond acceptors (Lipinski definition) is 5. The van der Waals surface area contributed by atoms with Gasteiger partial charge in [-0.25, -0.2) is 9.37 Å². The van der Waals surface area contributed by atoms with Crippen molar-refractivity contribution < 1.29 is 24.5 Å². The van der Waals surface area contributed by atoms with E-state index in [0.717, 1.165) is 22.4 Å². The van der Waals surface area contributed by atoms with Crippen molar-refractivity contribution in [1.82, 2.24) is 14.9 Å². The Morgan fingerprint density at radius 1 is 1.24 bits per heavy atom. The molecular formula is C28H37ClFN3O4. The summed E-state index contributed by atoms with van der Waals surface area (Å²) in [6.45, 7) is 7.61. The predicted octanol–water partition coefficient (Wildman–Crippen LogP) is 6.28. The first-order chi connectivity index (χ1) is 17.7. The summed E-state index contributed by atoms with van der Waals surface area (Å²) in [4.78, 5) is 19.8. The summed E-state index contributed by atoms with van der Waals surface area (Å²) in [6.07, 6.45) is 15.8. The number of carbonyl (C=O) groups is 1. The van der Waals surface area contributed by atoms with Gasteiger partial charge in [0.2, 0.25) is 0 Å². The Morgan fingerprint density at radius 2 is 1.97 bits per heavy atom. The zero-order valence-electron chi connectivity index (χ0n) is 21.7. The molecule has 1 aliphatic carbocycles. The molecule has 4 N–H and O–H groups in total. The second-order valence-corrected chi connectivity index (χ2v) is 8.34.